The van der Waals surface area contributed by atoms with E-state index in [2.05, 4.69) is 27.7 Å². The molecule has 0 aromatic rings. The molecular weight excluding hydrogens is 132 g/mol. The van der Waals surface area contributed by atoms with Crippen molar-refractivity contribution in [3.63, 3.8) is 0 Å². The number of rotatable bonds is 1. The van der Waals surface area contributed by atoms with Crippen LogP contribution in [0.4, 0.5) is 0 Å². The molecule has 0 spiro atoms. The van der Waals surface area contributed by atoms with Crippen molar-refractivity contribution in [2.45, 2.75) is 47.0 Å². The van der Waals surface area contributed by atoms with Crippen LogP contribution in [0.2, 0.25) is 0 Å². The average Bonchev–Trinajstić information content (AvgIpc) is 1.94. The molecule has 0 amide bonds. The molecule has 0 radical (unpaired) electrons. The fourth-order valence-electron chi connectivity index (χ4n) is 1.85. The highest BCUT2D eigenvalue weighted by atomic mass is 14.2. The van der Waals surface area contributed by atoms with Gasteiger partial charge < -0.3 is 0 Å². The lowest BCUT2D eigenvalue weighted by molar-refractivity contribution is 0.341. The van der Waals surface area contributed by atoms with Crippen LogP contribution in [0.3, 0.4) is 0 Å². The van der Waals surface area contributed by atoms with Crippen molar-refractivity contribution in [3.05, 3.63) is 11.1 Å². The highest BCUT2D eigenvalue weighted by Gasteiger charge is 2.18. The van der Waals surface area contributed by atoms with Gasteiger partial charge in [-0.2, -0.15) is 0 Å². The van der Waals surface area contributed by atoms with Crippen molar-refractivity contribution < 1.29 is 0 Å². The number of allylic oxidation sites excluding steroid dienone is 2. The molecule has 1 atom stereocenters. The molecule has 0 N–H and O–H groups in total. The van der Waals surface area contributed by atoms with E-state index in [4.69, 9.17) is 0 Å². The van der Waals surface area contributed by atoms with Gasteiger partial charge >= 0.3 is 0 Å². The van der Waals surface area contributed by atoms with Crippen molar-refractivity contribution in [2.75, 3.05) is 0 Å². The molecule has 64 valence electrons. The van der Waals surface area contributed by atoms with E-state index < -0.39 is 0 Å². The van der Waals surface area contributed by atoms with Gasteiger partial charge in [0.2, 0.25) is 0 Å². The molecule has 0 aromatic heterocycles. The Balaban J connectivity index is 2.57. The molecule has 1 rings (SSSR count). The summed E-state index contributed by atoms with van der Waals surface area (Å²) < 4.78 is 0. The largest absolute Gasteiger partial charge is 0.0744 e. The Hall–Kier alpha value is -0.260. The van der Waals surface area contributed by atoms with E-state index >= 15 is 0 Å². The normalized spacial score (nSPS) is 26.5. The van der Waals surface area contributed by atoms with Crippen LogP contribution >= 0.6 is 0 Å². The minimum absolute atomic E-state index is 0.873. The van der Waals surface area contributed by atoms with Crippen molar-refractivity contribution in [3.8, 4) is 0 Å². The molecule has 0 heterocycles. The first-order valence-electron chi connectivity index (χ1n) is 4.76. The molecule has 0 nitrogen and oxygen atoms in total. The second-order valence-electron chi connectivity index (χ2n) is 4.31. The van der Waals surface area contributed by atoms with E-state index in [0.29, 0.717) is 0 Å². The Morgan fingerprint density at radius 1 is 1.18 bits per heavy atom. The summed E-state index contributed by atoms with van der Waals surface area (Å²) in [5, 5.41) is 0. The van der Waals surface area contributed by atoms with E-state index in [9.17, 15) is 0 Å². The molecule has 0 aromatic carbocycles. The molecular formula is C11H20. The third-order valence-corrected chi connectivity index (χ3v) is 3.13. The summed E-state index contributed by atoms with van der Waals surface area (Å²) >= 11 is 0. The Morgan fingerprint density at radius 3 is 2.27 bits per heavy atom. The molecule has 0 saturated heterocycles. The van der Waals surface area contributed by atoms with Crippen LogP contribution < -0.4 is 0 Å². The molecule has 0 fully saturated rings. The maximum atomic E-state index is 2.35. The van der Waals surface area contributed by atoms with Gasteiger partial charge in [-0.1, -0.05) is 25.0 Å². The van der Waals surface area contributed by atoms with E-state index in [-0.39, 0.29) is 0 Å². The first-order chi connectivity index (χ1) is 5.11. The Bertz CT molecular complexity index is 163. The van der Waals surface area contributed by atoms with Gasteiger partial charge in [-0.3, -0.25) is 0 Å². The summed E-state index contributed by atoms with van der Waals surface area (Å²) in [6, 6.07) is 0. The predicted molar refractivity (Wildman–Crippen MR) is 50.6 cm³/mol. The summed E-state index contributed by atoms with van der Waals surface area (Å²) in [5.41, 5.74) is 3.29. The zero-order valence-electron chi connectivity index (χ0n) is 8.28. The minimum atomic E-state index is 0.873. The lowest BCUT2D eigenvalue weighted by atomic mass is 9.79. The third kappa shape index (κ3) is 2.08. The first kappa shape index (κ1) is 8.83. The summed E-state index contributed by atoms with van der Waals surface area (Å²) in [4.78, 5) is 0. The number of hydrogen-bond donors (Lipinski definition) is 0. The van der Waals surface area contributed by atoms with Gasteiger partial charge in [-0.15, -0.1) is 0 Å². The predicted octanol–water partition coefficient (Wildman–Crippen LogP) is 3.78. The van der Waals surface area contributed by atoms with Gasteiger partial charge in [-0.25, -0.2) is 0 Å². The van der Waals surface area contributed by atoms with E-state index in [1.165, 1.54) is 19.3 Å². The fourth-order valence-corrected chi connectivity index (χ4v) is 1.85. The second kappa shape index (κ2) is 3.42. The van der Waals surface area contributed by atoms with Crippen molar-refractivity contribution in [1.29, 1.82) is 0 Å². The summed E-state index contributed by atoms with van der Waals surface area (Å²) in [6.07, 6.45) is 4.11. The van der Waals surface area contributed by atoms with Crippen molar-refractivity contribution in [2.24, 2.45) is 11.8 Å². The quantitative estimate of drug-likeness (QED) is 0.502. The fraction of sp³-hybridized carbons (Fsp3) is 0.818. The second-order valence-corrected chi connectivity index (χ2v) is 4.31. The van der Waals surface area contributed by atoms with E-state index in [1.807, 2.05) is 0 Å². The topological polar surface area (TPSA) is 0 Å². The van der Waals surface area contributed by atoms with Crippen LogP contribution in [-0.4, -0.2) is 0 Å². The molecule has 0 saturated carbocycles. The van der Waals surface area contributed by atoms with Crippen LogP contribution in [0.15, 0.2) is 11.1 Å². The van der Waals surface area contributed by atoms with Crippen molar-refractivity contribution in [1.82, 2.24) is 0 Å². The summed E-state index contributed by atoms with van der Waals surface area (Å²) in [6.45, 7) is 9.27. The third-order valence-electron chi connectivity index (χ3n) is 3.13. The van der Waals surface area contributed by atoms with Crippen LogP contribution in [0, 0.1) is 11.8 Å². The van der Waals surface area contributed by atoms with Crippen LogP contribution in [-0.2, 0) is 0 Å². The smallest absolute Gasteiger partial charge is 0.0289 e. The van der Waals surface area contributed by atoms with Gasteiger partial charge in [-0.05, 0) is 44.9 Å². The molecule has 0 aliphatic heterocycles. The van der Waals surface area contributed by atoms with E-state index in [1.54, 1.807) is 11.1 Å². The van der Waals surface area contributed by atoms with Gasteiger partial charge in [0.05, 0.1) is 0 Å². The van der Waals surface area contributed by atoms with Gasteiger partial charge in [0.25, 0.3) is 0 Å². The van der Waals surface area contributed by atoms with Gasteiger partial charge in [0.15, 0.2) is 0 Å². The van der Waals surface area contributed by atoms with Crippen LogP contribution in [0.1, 0.15) is 47.0 Å². The number of hydrogen-bond acceptors (Lipinski definition) is 0. The zero-order chi connectivity index (χ0) is 8.43. The molecule has 11 heavy (non-hydrogen) atoms. The lowest BCUT2D eigenvalue weighted by Crippen LogP contribution is -2.13. The van der Waals surface area contributed by atoms with Crippen LogP contribution in [0.25, 0.3) is 0 Å². The minimum Gasteiger partial charge on any atom is -0.0744 e. The van der Waals surface area contributed by atoms with Gasteiger partial charge in [0.1, 0.15) is 0 Å². The monoisotopic (exact) mass is 152 g/mol. The highest BCUT2D eigenvalue weighted by molar-refractivity contribution is 5.13. The maximum Gasteiger partial charge on any atom is -0.0289 e. The average molecular weight is 152 g/mol. The molecule has 1 unspecified atom stereocenters. The zero-order valence-corrected chi connectivity index (χ0v) is 8.28. The van der Waals surface area contributed by atoms with Gasteiger partial charge in [0, 0.05) is 0 Å². The Labute approximate surface area is 70.7 Å². The molecule has 0 bridgehead atoms. The van der Waals surface area contributed by atoms with E-state index in [0.717, 1.165) is 11.8 Å². The SMILES string of the molecule is CC1=C(C)CC(C(C)C)CC1. The molecule has 1 aliphatic rings. The Morgan fingerprint density at radius 2 is 1.82 bits per heavy atom. The summed E-state index contributed by atoms with van der Waals surface area (Å²) in [7, 11) is 0. The molecule has 0 heteroatoms. The highest BCUT2D eigenvalue weighted by Crippen LogP contribution is 2.33. The maximum absolute atomic E-state index is 2.35. The summed E-state index contributed by atoms with van der Waals surface area (Å²) in [5.74, 6) is 1.83. The van der Waals surface area contributed by atoms with Crippen molar-refractivity contribution >= 4 is 0 Å². The standard InChI is InChI=1S/C11H20/c1-8(2)11-6-5-9(3)10(4)7-11/h8,11H,5-7H2,1-4H3. The molecule has 1 aliphatic carbocycles. The Kier molecular flexibility index (Phi) is 2.75. The lowest BCUT2D eigenvalue weighted by Gasteiger charge is -2.27. The first-order valence-corrected chi connectivity index (χ1v) is 4.76. The van der Waals surface area contributed by atoms with Crippen LogP contribution in [0.5, 0.6) is 0 Å².